The Kier molecular flexibility index (Phi) is 6.39. The third-order valence-corrected chi connectivity index (χ3v) is 2.79. The van der Waals surface area contributed by atoms with Gasteiger partial charge in [0.05, 0.1) is 6.42 Å². The van der Waals surface area contributed by atoms with E-state index >= 15 is 0 Å². The molecule has 3 N–H and O–H groups in total. The lowest BCUT2D eigenvalue weighted by Crippen LogP contribution is -2.34. The molecule has 0 saturated carbocycles. The number of aryl methyl sites for hydroxylation is 1. The van der Waals surface area contributed by atoms with Gasteiger partial charge in [0.1, 0.15) is 0 Å². The smallest absolute Gasteiger partial charge is 0.304 e. The van der Waals surface area contributed by atoms with Crippen LogP contribution in [0.3, 0.4) is 0 Å². The molecular formula is C14H21NO3. The van der Waals surface area contributed by atoms with E-state index in [-0.39, 0.29) is 19.1 Å². The van der Waals surface area contributed by atoms with E-state index in [1.165, 1.54) is 5.56 Å². The van der Waals surface area contributed by atoms with Gasteiger partial charge < -0.3 is 15.5 Å². The lowest BCUT2D eigenvalue weighted by molar-refractivity contribution is -0.137. The molecule has 1 atom stereocenters. The summed E-state index contributed by atoms with van der Waals surface area (Å²) in [4.78, 5) is 10.8. The van der Waals surface area contributed by atoms with E-state index in [1.807, 2.05) is 31.2 Å². The number of nitrogens with one attached hydrogen (secondary N) is 1. The van der Waals surface area contributed by atoms with Gasteiger partial charge in [-0.1, -0.05) is 29.8 Å². The summed E-state index contributed by atoms with van der Waals surface area (Å²) in [6, 6.07) is 8.02. The molecule has 1 aromatic rings. The molecule has 0 saturated heterocycles. The minimum atomic E-state index is -0.802. The van der Waals surface area contributed by atoms with Gasteiger partial charge in [-0.15, -0.1) is 0 Å². The predicted molar refractivity (Wildman–Crippen MR) is 70.6 cm³/mol. The van der Waals surface area contributed by atoms with Crippen molar-refractivity contribution in [3.63, 3.8) is 0 Å². The van der Waals surface area contributed by atoms with Gasteiger partial charge in [0.25, 0.3) is 0 Å². The predicted octanol–water partition coefficient (Wildman–Crippen LogP) is 1.35. The first-order chi connectivity index (χ1) is 8.61. The van der Waals surface area contributed by atoms with Crippen molar-refractivity contribution in [2.24, 2.45) is 0 Å². The Morgan fingerprint density at radius 1 is 1.33 bits per heavy atom. The molecule has 0 bridgehead atoms. The Morgan fingerprint density at radius 2 is 2.00 bits per heavy atom. The fourth-order valence-electron chi connectivity index (χ4n) is 1.82. The molecule has 1 unspecified atom stereocenters. The van der Waals surface area contributed by atoms with Gasteiger partial charge in [-0.25, -0.2) is 0 Å². The minimum Gasteiger partial charge on any atom is -0.481 e. The first kappa shape index (κ1) is 14.7. The van der Waals surface area contributed by atoms with Crippen molar-refractivity contribution in [2.75, 3.05) is 13.2 Å². The van der Waals surface area contributed by atoms with E-state index in [9.17, 15) is 4.79 Å². The van der Waals surface area contributed by atoms with E-state index < -0.39 is 5.97 Å². The van der Waals surface area contributed by atoms with Gasteiger partial charge in [0, 0.05) is 12.6 Å². The summed E-state index contributed by atoms with van der Waals surface area (Å²) in [5, 5.41) is 20.8. The van der Waals surface area contributed by atoms with E-state index in [0.29, 0.717) is 19.4 Å². The Bertz CT molecular complexity index is 362. The molecule has 0 aliphatic carbocycles. The first-order valence-corrected chi connectivity index (χ1v) is 6.23. The van der Waals surface area contributed by atoms with E-state index in [1.54, 1.807) is 0 Å². The highest BCUT2D eigenvalue weighted by Crippen LogP contribution is 2.08. The molecule has 4 heteroatoms. The number of hydrogen-bond donors (Lipinski definition) is 3. The highest BCUT2D eigenvalue weighted by molar-refractivity contribution is 5.67. The summed E-state index contributed by atoms with van der Waals surface area (Å²) in [5.74, 6) is -0.802. The molecule has 0 heterocycles. The number of aliphatic hydroxyl groups is 1. The number of hydrogen-bond acceptors (Lipinski definition) is 3. The largest absolute Gasteiger partial charge is 0.481 e. The van der Waals surface area contributed by atoms with Crippen LogP contribution in [0.4, 0.5) is 0 Å². The number of carbonyl (C=O) groups is 1. The van der Waals surface area contributed by atoms with Crippen molar-refractivity contribution in [1.29, 1.82) is 0 Å². The van der Waals surface area contributed by atoms with Gasteiger partial charge in [-0.2, -0.15) is 0 Å². The molecular weight excluding hydrogens is 230 g/mol. The summed E-state index contributed by atoms with van der Waals surface area (Å²) in [5.41, 5.74) is 2.32. The summed E-state index contributed by atoms with van der Waals surface area (Å²) in [7, 11) is 0. The lowest BCUT2D eigenvalue weighted by atomic mass is 10.0. The van der Waals surface area contributed by atoms with Crippen molar-refractivity contribution in [3.8, 4) is 0 Å². The quantitative estimate of drug-likeness (QED) is 0.610. The number of carboxylic acid groups (broad SMARTS) is 1. The van der Waals surface area contributed by atoms with E-state index in [0.717, 1.165) is 5.56 Å². The lowest BCUT2D eigenvalue weighted by Gasteiger charge is -2.16. The molecule has 0 radical (unpaired) electrons. The number of carboxylic acids is 1. The van der Waals surface area contributed by atoms with Crippen molar-refractivity contribution >= 4 is 5.97 Å². The molecule has 100 valence electrons. The van der Waals surface area contributed by atoms with Gasteiger partial charge in [0.15, 0.2) is 0 Å². The second-order valence-corrected chi connectivity index (χ2v) is 4.52. The molecule has 1 aromatic carbocycles. The molecule has 18 heavy (non-hydrogen) atoms. The van der Waals surface area contributed by atoms with Crippen LogP contribution < -0.4 is 5.32 Å². The van der Waals surface area contributed by atoms with E-state index in [2.05, 4.69) is 5.32 Å². The molecule has 0 aliphatic rings. The Labute approximate surface area is 108 Å². The molecule has 1 rings (SSSR count). The SMILES string of the molecule is Cc1ccc(CC(CC(=O)O)NCCCO)cc1. The van der Waals surface area contributed by atoms with Crippen LogP contribution in [-0.2, 0) is 11.2 Å². The molecule has 0 amide bonds. The van der Waals surface area contributed by atoms with Crippen molar-refractivity contribution in [1.82, 2.24) is 5.32 Å². The van der Waals surface area contributed by atoms with Crippen LogP contribution >= 0.6 is 0 Å². The zero-order chi connectivity index (χ0) is 13.4. The van der Waals surface area contributed by atoms with Crippen LogP contribution in [0, 0.1) is 6.92 Å². The molecule has 0 aromatic heterocycles. The summed E-state index contributed by atoms with van der Waals surface area (Å²) < 4.78 is 0. The van der Waals surface area contributed by atoms with Gasteiger partial charge in [-0.3, -0.25) is 4.79 Å². The second-order valence-electron chi connectivity index (χ2n) is 4.52. The van der Waals surface area contributed by atoms with Gasteiger partial charge in [0.2, 0.25) is 0 Å². The van der Waals surface area contributed by atoms with Crippen LogP contribution in [0.5, 0.6) is 0 Å². The zero-order valence-electron chi connectivity index (χ0n) is 10.7. The average Bonchev–Trinajstić information content (AvgIpc) is 2.31. The van der Waals surface area contributed by atoms with Crippen molar-refractivity contribution < 1.29 is 15.0 Å². The van der Waals surface area contributed by atoms with Crippen LogP contribution in [0.15, 0.2) is 24.3 Å². The van der Waals surface area contributed by atoms with Gasteiger partial charge >= 0.3 is 5.97 Å². The normalized spacial score (nSPS) is 12.3. The first-order valence-electron chi connectivity index (χ1n) is 6.23. The van der Waals surface area contributed by atoms with Crippen molar-refractivity contribution in [2.45, 2.75) is 32.2 Å². The van der Waals surface area contributed by atoms with Crippen LogP contribution in [-0.4, -0.2) is 35.4 Å². The standard InChI is InChI=1S/C14H21NO3/c1-11-3-5-12(6-4-11)9-13(10-14(17)18)15-7-2-8-16/h3-6,13,15-16H,2,7-10H2,1H3,(H,17,18). The maximum Gasteiger partial charge on any atom is 0.304 e. The average molecular weight is 251 g/mol. The Balaban J connectivity index is 2.53. The van der Waals surface area contributed by atoms with Gasteiger partial charge in [-0.05, 0) is 31.9 Å². The molecule has 0 aliphatic heterocycles. The fourth-order valence-corrected chi connectivity index (χ4v) is 1.82. The highest BCUT2D eigenvalue weighted by Gasteiger charge is 2.13. The topological polar surface area (TPSA) is 69.6 Å². The second kappa shape index (κ2) is 7.84. The summed E-state index contributed by atoms with van der Waals surface area (Å²) >= 11 is 0. The maximum atomic E-state index is 10.8. The molecule has 0 fully saturated rings. The van der Waals surface area contributed by atoms with Crippen LogP contribution in [0.2, 0.25) is 0 Å². The van der Waals surface area contributed by atoms with E-state index in [4.69, 9.17) is 10.2 Å². The van der Waals surface area contributed by atoms with Crippen LogP contribution in [0.1, 0.15) is 24.0 Å². The zero-order valence-corrected chi connectivity index (χ0v) is 10.7. The third kappa shape index (κ3) is 5.80. The third-order valence-electron chi connectivity index (χ3n) is 2.79. The Hall–Kier alpha value is -1.39. The number of aliphatic carboxylic acids is 1. The highest BCUT2D eigenvalue weighted by atomic mass is 16.4. The molecule has 0 spiro atoms. The summed E-state index contributed by atoms with van der Waals surface area (Å²) in [6.45, 7) is 2.79. The number of benzene rings is 1. The number of aliphatic hydroxyl groups excluding tert-OH is 1. The molecule has 4 nitrogen and oxygen atoms in total. The number of rotatable bonds is 8. The summed E-state index contributed by atoms with van der Waals surface area (Å²) in [6.07, 6.45) is 1.43. The fraction of sp³-hybridized carbons (Fsp3) is 0.500. The Morgan fingerprint density at radius 3 is 2.56 bits per heavy atom. The minimum absolute atomic E-state index is 0.0863. The van der Waals surface area contributed by atoms with Crippen LogP contribution in [0.25, 0.3) is 0 Å². The monoisotopic (exact) mass is 251 g/mol. The maximum absolute atomic E-state index is 10.8. The van der Waals surface area contributed by atoms with Crippen molar-refractivity contribution in [3.05, 3.63) is 35.4 Å².